The molecule has 0 aliphatic rings. The van der Waals surface area contributed by atoms with E-state index < -0.39 is 11.7 Å². The molecule has 66 valence electrons. The lowest BCUT2D eigenvalue weighted by Crippen LogP contribution is -2.50. The van der Waals surface area contributed by atoms with E-state index in [-0.39, 0.29) is 0 Å². The molecule has 0 aromatic rings. The molecule has 0 aromatic carbocycles. The predicted molar refractivity (Wildman–Crippen MR) is 41.4 cm³/mol. The molecule has 0 radical (unpaired) electrons. The van der Waals surface area contributed by atoms with E-state index in [1.807, 2.05) is 0 Å². The largest absolute Gasteiger partial charge is 0.478 e. The first-order valence-corrected chi connectivity index (χ1v) is 3.50. The standard InChI is InChI=1S/C7H15NO3/c1-5-11-7(2,6(9)10)8(3)4/h5H2,1-4H3,(H,9,10). The third-order valence-electron chi connectivity index (χ3n) is 1.68. The van der Waals surface area contributed by atoms with Crippen LogP contribution < -0.4 is 0 Å². The van der Waals surface area contributed by atoms with Crippen LogP contribution in [0.15, 0.2) is 0 Å². The maximum Gasteiger partial charge on any atom is 0.351 e. The van der Waals surface area contributed by atoms with Gasteiger partial charge in [0, 0.05) is 6.61 Å². The predicted octanol–water partition coefficient (Wildman–Crippen LogP) is 0.385. The Morgan fingerprint density at radius 3 is 2.18 bits per heavy atom. The molecule has 4 nitrogen and oxygen atoms in total. The summed E-state index contributed by atoms with van der Waals surface area (Å²) in [6.45, 7) is 3.69. The number of rotatable bonds is 4. The lowest BCUT2D eigenvalue weighted by Gasteiger charge is -2.31. The molecule has 0 aromatic heterocycles. The average Bonchev–Trinajstić information content (AvgIpc) is 1.87. The molecule has 0 aliphatic carbocycles. The number of hydrogen-bond acceptors (Lipinski definition) is 3. The van der Waals surface area contributed by atoms with Gasteiger partial charge in [-0.3, -0.25) is 4.90 Å². The van der Waals surface area contributed by atoms with Crippen LogP contribution in [-0.4, -0.2) is 42.4 Å². The van der Waals surface area contributed by atoms with Gasteiger partial charge in [-0.1, -0.05) is 0 Å². The first-order chi connectivity index (χ1) is 4.95. The number of ether oxygens (including phenoxy) is 1. The summed E-state index contributed by atoms with van der Waals surface area (Å²) in [7, 11) is 3.34. The van der Waals surface area contributed by atoms with Gasteiger partial charge in [-0.05, 0) is 27.9 Å². The summed E-state index contributed by atoms with van der Waals surface area (Å²) in [5.41, 5.74) is -1.20. The van der Waals surface area contributed by atoms with Crippen LogP contribution in [0, 0.1) is 0 Å². The van der Waals surface area contributed by atoms with Crippen molar-refractivity contribution in [2.75, 3.05) is 20.7 Å². The minimum Gasteiger partial charge on any atom is -0.478 e. The van der Waals surface area contributed by atoms with E-state index in [2.05, 4.69) is 0 Å². The molecule has 0 saturated carbocycles. The Hall–Kier alpha value is -0.610. The third-order valence-corrected chi connectivity index (χ3v) is 1.68. The summed E-state index contributed by atoms with van der Waals surface area (Å²) in [4.78, 5) is 12.2. The smallest absolute Gasteiger partial charge is 0.351 e. The molecular formula is C7H15NO3. The van der Waals surface area contributed by atoms with Gasteiger partial charge < -0.3 is 9.84 Å². The van der Waals surface area contributed by atoms with Crippen LogP contribution in [0.2, 0.25) is 0 Å². The summed E-state index contributed by atoms with van der Waals surface area (Å²) >= 11 is 0. The molecule has 0 heterocycles. The second-order valence-corrected chi connectivity index (χ2v) is 2.62. The molecule has 0 amide bonds. The highest BCUT2D eigenvalue weighted by Crippen LogP contribution is 2.12. The second-order valence-electron chi connectivity index (χ2n) is 2.62. The van der Waals surface area contributed by atoms with Crippen LogP contribution in [0.4, 0.5) is 0 Å². The van der Waals surface area contributed by atoms with Crippen molar-refractivity contribution in [1.29, 1.82) is 0 Å². The van der Waals surface area contributed by atoms with Gasteiger partial charge in [0.15, 0.2) is 0 Å². The van der Waals surface area contributed by atoms with E-state index in [0.29, 0.717) is 6.61 Å². The highest BCUT2D eigenvalue weighted by atomic mass is 16.5. The molecule has 0 fully saturated rings. The number of carbonyl (C=O) groups is 1. The maximum atomic E-state index is 10.7. The molecule has 0 rings (SSSR count). The number of carboxylic acid groups (broad SMARTS) is 1. The molecule has 1 atom stereocenters. The minimum atomic E-state index is -1.20. The van der Waals surface area contributed by atoms with Gasteiger partial charge >= 0.3 is 5.97 Å². The van der Waals surface area contributed by atoms with Crippen molar-refractivity contribution in [1.82, 2.24) is 4.90 Å². The fourth-order valence-corrected chi connectivity index (χ4v) is 0.663. The average molecular weight is 161 g/mol. The number of likely N-dealkylation sites (N-methyl/N-ethyl adjacent to an activating group) is 1. The highest BCUT2D eigenvalue weighted by Gasteiger charge is 2.36. The zero-order chi connectivity index (χ0) is 9.07. The van der Waals surface area contributed by atoms with E-state index in [4.69, 9.17) is 9.84 Å². The van der Waals surface area contributed by atoms with Crippen molar-refractivity contribution >= 4 is 5.97 Å². The minimum absolute atomic E-state index is 0.390. The van der Waals surface area contributed by atoms with Crippen LogP contribution in [-0.2, 0) is 9.53 Å². The van der Waals surface area contributed by atoms with Crippen LogP contribution in [0.5, 0.6) is 0 Å². The van der Waals surface area contributed by atoms with E-state index in [0.717, 1.165) is 0 Å². The summed E-state index contributed by atoms with van der Waals surface area (Å²) in [6.07, 6.45) is 0. The summed E-state index contributed by atoms with van der Waals surface area (Å²) < 4.78 is 5.08. The lowest BCUT2D eigenvalue weighted by molar-refractivity contribution is -0.185. The quantitative estimate of drug-likeness (QED) is 0.606. The first-order valence-electron chi connectivity index (χ1n) is 3.50. The Labute approximate surface area is 66.8 Å². The summed E-state index contributed by atoms with van der Waals surface area (Å²) in [5.74, 6) is -0.968. The van der Waals surface area contributed by atoms with Crippen molar-refractivity contribution in [3.8, 4) is 0 Å². The molecule has 4 heteroatoms. The van der Waals surface area contributed by atoms with Gasteiger partial charge in [0.1, 0.15) is 0 Å². The molecule has 1 N–H and O–H groups in total. The maximum absolute atomic E-state index is 10.7. The van der Waals surface area contributed by atoms with Gasteiger partial charge in [0.05, 0.1) is 0 Å². The Kier molecular flexibility index (Phi) is 3.48. The molecule has 1 unspecified atom stereocenters. The number of carboxylic acids is 1. The van der Waals surface area contributed by atoms with Gasteiger partial charge in [0.25, 0.3) is 0 Å². The Bertz CT molecular complexity index is 147. The topological polar surface area (TPSA) is 49.8 Å². The fourth-order valence-electron chi connectivity index (χ4n) is 0.663. The van der Waals surface area contributed by atoms with Crippen molar-refractivity contribution in [2.24, 2.45) is 0 Å². The third kappa shape index (κ3) is 2.17. The highest BCUT2D eigenvalue weighted by molar-refractivity contribution is 5.76. The zero-order valence-electron chi connectivity index (χ0n) is 7.42. The van der Waals surface area contributed by atoms with E-state index in [1.54, 1.807) is 21.0 Å². The van der Waals surface area contributed by atoms with Crippen molar-refractivity contribution in [2.45, 2.75) is 19.6 Å². The van der Waals surface area contributed by atoms with E-state index in [1.165, 1.54) is 11.8 Å². The monoisotopic (exact) mass is 161 g/mol. The molecule has 0 aliphatic heterocycles. The second kappa shape index (κ2) is 3.69. The summed E-state index contributed by atoms with van der Waals surface area (Å²) in [6, 6.07) is 0. The zero-order valence-corrected chi connectivity index (χ0v) is 7.42. The van der Waals surface area contributed by atoms with Crippen molar-refractivity contribution in [3.05, 3.63) is 0 Å². The normalized spacial score (nSPS) is 16.5. The van der Waals surface area contributed by atoms with Gasteiger partial charge in [-0.25, -0.2) is 4.79 Å². The lowest BCUT2D eigenvalue weighted by atomic mass is 10.2. The summed E-state index contributed by atoms with van der Waals surface area (Å²) in [5, 5.41) is 8.77. The molecule has 11 heavy (non-hydrogen) atoms. The molecular weight excluding hydrogens is 146 g/mol. The fraction of sp³-hybridized carbons (Fsp3) is 0.857. The Balaban J connectivity index is 4.38. The number of aliphatic carboxylic acids is 1. The van der Waals surface area contributed by atoms with Crippen LogP contribution >= 0.6 is 0 Å². The number of hydrogen-bond donors (Lipinski definition) is 1. The van der Waals surface area contributed by atoms with Crippen LogP contribution in [0.25, 0.3) is 0 Å². The SMILES string of the molecule is CCOC(C)(C(=O)O)N(C)C. The van der Waals surface area contributed by atoms with Gasteiger partial charge in [-0.2, -0.15) is 0 Å². The van der Waals surface area contributed by atoms with Crippen LogP contribution in [0.3, 0.4) is 0 Å². The molecule has 0 saturated heterocycles. The molecule has 0 bridgehead atoms. The molecule has 0 spiro atoms. The van der Waals surface area contributed by atoms with Gasteiger partial charge in [-0.15, -0.1) is 0 Å². The van der Waals surface area contributed by atoms with E-state index in [9.17, 15) is 4.79 Å². The number of nitrogens with zero attached hydrogens (tertiary/aromatic N) is 1. The first kappa shape index (κ1) is 10.4. The van der Waals surface area contributed by atoms with E-state index >= 15 is 0 Å². The van der Waals surface area contributed by atoms with Crippen molar-refractivity contribution in [3.63, 3.8) is 0 Å². The Morgan fingerprint density at radius 2 is 2.09 bits per heavy atom. The Morgan fingerprint density at radius 1 is 1.64 bits per heavy atom. The van der Waals surface area contributed by atoms with Crippen LogP contribution in [0.1, 0.15) is 13.8 Å². The van der Waals surface area contributed by atoms with Gasteiger partial charge in [0.2, 0.25) is 5.72 Å². The van der Waals surface area contributed by atoms with Crippen molar-refractivity contribution < 1.29 is 14.6 Å².